The molecule has 21 heavy (non-hydrogen) atoms. The third kappa shape index (κ3) is 2.78. The zero-order valence-electron chi connectivity index (χ0n) is 14.1. The predicted molar refractivity (Wildman–Crippen MR) is 88.7 cm³/mol. The van der Waals surface area contributed by atoms with E-state index in [9.17, 15) is 4.79 Å². The van der Waals surface area contributed by atoms with E-state index in [1.54, 1.807) is 0 Å². The monoisotopic (exact) mass is 288 g/mol. The second-order valence-electron chi connectivity index (χ2n) is 7.27. The van der Waals surface area contributed by atoms with Crippen LogP contribution in [0.5, 0.6) is 0 Å². The van der Waals surface area contributed by atoms with E-state index in [1.165, 1.54) is 0 Å². The summed E-state index contributed by atoms with van der Waals surface area (Å²) in [5.74, 6) is 0.579. The van der Waals surface area contributed by atoms with Gasteiger partial charge in [-0.2, -0.15) is 0 Å². The molecule has 0 bridgehead atoms. The first-order chi connectivity index (χ1) is 9.71. The molecule has 3 nitrogen and oxygen atoms in total. The average molecular weight is 288 g/mol. The zero-order chi connectivity index (χ0) is 15.8. The topological polar surface area (TPSA) is 41.1 Å². The fourth-order valence-electron chi connectivity index (χ4n) is 3.33. The van der Waals surface area contributed by atoms with Gasteiger partial charge in [-0.05, 0) is 54.4 Å². The highest BCUT2D eigenvalue weighted by atomic mass is 16.1. The van der Waals surface area contributed by atoms with E-state index in [-0.39, 0.29) is 5.91 Å². The molecule has 1 aliphatic carbocycles. The average Bonchev–Trinajstić information content (AvgIpc) is 2.79. The molecule has 1 fully saturated rings. The Labute approximate surface area is 128 Å². The summed E-state index contributed by atoms with van der Waals surface area (Å²) in [6.45, 7) is 14.9. The maximum Gasteiger partial charge on any atom is 0.251 e. The third-order valence-electron chi connectivity index (χ3n) is 5.64. The van der Waals surface area contributed by atoms with Crippen molar-refractivity contribution in [2.24, 2.45) is 16.7 Å². The molecule has 116 valence electrons. The van der Waals surface area contributed by atoms with Crippen LogP contribution < -0.4 is 10.6 Å². The van der Waals surface area contributed by atoms with Crippen molar-refractivity contribution in [1.82, 2.24) is 5.32 Å². The van der Waals surface area contributed by atoms with E-state index in [0.29, 0.717) is 16.7 Å². The summed E-state index contributed by atoms with van der Waals surface area (Å²) in [5.41, 5.74) is 3.57. The minimum Gasteiger partial charge on any atom is -0.385 e. The van der Waals surface area contributed by atoms with Crippen LogP contribution in [0.15, 0.2) is 18.2 Å². The number of benzene rings is 1. The Bertz CT molecular complexity index is 532. The van der Waals surface area contributed by atoms with Crippen LogP contribution in [0.1, 0.15) is 50.5 Å². The summed E-state index contributed by atoms with van der Waals surface area (Å²) < 4.78 is 0. The molecule has 1 amide bonds. The lowest BCUT2D eigenvalue weighted by atomic mass is 10.0. The van der Waals surface area contributed by atoms with E-state index >= 15 is 0 Å². The van der Waals surface area contributed by atoms with Crippen LogP contribution >= 0.6 is 0 Å². The lowest BCUT2D eigenvalue weighted by molar-refractivity contribution is 0.0950. The van der Waals surface area contributed by atoms with Crippen molar-refractivity contribution in [3.8, 4) is 0 Å². The fourth-order valence-corrected chi connectivity index (χ4v) is 3.33. The first-order valence-corrected chi connectivity index (χ1v) is 7.84. The first-order valence-electron chi connectivity index (χ1n) is 7.84. The van der Waals surface area contributed by atoms with E-state index in [2.05, 4.69) is 45.3 Å². The minimum absolute atomic E-state index is 0.0275. The largest absolute Gasteiger partial charge is 0.385 e. The van der Waals surface area contributed by atoms with E-state index < -0.39 is 0 Å². The lowest BCUT2D eigenvalue weighted by Gasteiger charge is -2.10. The highest BCUT2D eigenvalue weighted by Gasteiger charge is 2.64. The van der Waals surface area contributed by atoms with Gasteiger partial charge < -0.3 is 10.6 Å². The Morgan fingerprint density at radius 1 is 1.19 bits per heavy atom. The Morgan fingerprint density at radius 2 is 1.81 bits per heavy atom. The summed E-state index contributed by atoms with van der Waals surface area (Å²) in [7, 11) is 0. The van der Waals surface area contributed by atoms with Crippen LogP contribution in [-0.4, -0.2) is 19.0 Å². The number of hydrogen-bond acceptors (Lipinski definition) is 2. The van der Waals surface area contributed by atoms with Crippen molar-refractivity contribution in [1.29, 1.82) is 0 Å². The molecule has 0 radical (unpaired) electrons. The van der Waals surface area contributed by atoms with Crippen LogP contribution in [-0.2, 0) is 0 Å². The molecule has 1 saturated carbocycles. The molecular formula is C18H28N2O. The predicted octanol–water partition coefficient (Wildman–Crippen LogP) is 3.84. The number of carbonyl (C=O) groups excluding carboxylic acids is 1. The quantitative estimate of drug-likeness (QED) is 0.864. The van der Waals surface area contributed by atoms with Gasteiger partial charge in [-0.15, -0.1) is 0 Å². The van der Waals surface area contributed by atoms with E-state index in [0.717, 1.165) is 29.9 Å². The molecule has 0 saturated heterocycles. The van der Waals surface area contributed by atoms with Crippen molar-refractivity contribution in [2.45, 2.75) is 41.5 Å². The Hall–Kier alpha value is -1.51. The fraction of sp³-hybridized carbons (Fsp3) is 0.611. The molecule has 0 aromatic heterocycles. The number of nitrogens with one attached hydrogen (secondary N) is 2. The molecule has 0 spiro atoms. The van der Waals surface area contributed by atoms with Crippen molar-refractivity contribution >= 4 is 11.6 Å². The molecule has 3 heteroatoms. The van der Waals surface area contributed by atoms with Gasteiger partial charge in [0.25, 0.3) is 5.91 Å². The van der Waals surface area contributed by atoms with Crippen LogP contribution in [0.2, 0.25) is 0 Å². The number of rotatable bonds is 5. The van der Waals surface area contributed by atoms with Gasteiger partial charge in [-0.1, -0.05) is 27.7 Å². The van der Waals surface area contributed by atoms with Gasteiger partial charge in [0.15, 0.2) is 0 Å². The number of aryl methyl sites for hydroxylation is 1. The van der Waals surface area contributed by atoms with E-state index in [1.807, 2.05) is 25.1 Å². The molecule has 1 aromatic rings. The second kappa shape index (κ2) is 5.36. The third-order valence-corrected chi connectivity index (χ3v) is 5.64. The molecule has 0 unspecified atom stereocenters. The summed E-state index contributed by atoms with van der Waals surface area (Å²) in [4.78, 5) is 12.3. The first kappa shape index (κ1) is 15.9. The van der Waals surface area contributed by atoms with Gasteiger partial charge >= 0.3 is 0 Å². The molecule has 0 atom stereocenters. The van der Waals surface area contributed by atoms with Crippen molar-refractivity contribution in [2.75, 3.05) is 18.4 Å². The van der Waals surface area contributed by atoms with Crippen LogP contribution in [0, 0.1) is 23.7 Å². The summed E-state index contributed by atoms with van der Waals surface area (Å²) >= 11 is 0. The molecule has 0 aliphatic heterocycles. The Balaban J connectivity index is 1.97. The smallest absolute Gasteiger partial charge is 0.251 e. The molecule has 0 heterocycles. The number of amides is 1. The second-order valence-corrected chi connectivity index (χ2v) is 7.27. The lowest BCUT2D eigenvalue weighted by Crippen LogP contribution is -2.27. The van der Waals surface area contributed by atoms with Gasteiger partial charge in [0.1, 0.15) is 0 Å². The minimum atomic E-state index is 0.0275. The summed E-state index contributed by atoms with van der Waals surface area (Å²) in [6.07, 6.45) is 0. The highest BCUT2D eigenvalue weighted by molar-refractivity contribution is 5.94. The standard InChI is InChI=1S/C18H28N2O/c1-7-19-14-9-8-13(10-12(14)2)16(21)20-11-15-17(3,4)18(15,5)6/h8-10,15,19H,7,11H2,1-6H3,(H,20,21). The SMILES string of the molecule is CCNc1ccc(C(=O)NCC2C(C)(C)C2(C)C)cc1C. The van der Waals surface area contributed by atoms with Crippen molar-refractivity contribution < 1.29 is 4.79 Å². The maximum atomic E-state index is 12.3. The number of carbonyl (C=O) groups is 1. The van der Waals surface area contributed by atoms with Gasteiger partial charge in [-0.3, -0.25) is 4.79 Å². The normalized spacial score (nSPS) is 19.1. The Morgan fingerprint density at radius 3 is 2.29 bits per heavy atom. The van der Waals surface area contributed by atoms with Gasteiger partial charge in [0.05, 0.1) is 0 Å². The summed E-state index contributed by atoms with van der Waals surface area (Å²) in [5, 5.41) is 6.38. The highest BCUT2D eigenvalue weighted by Crippen LogP contribution is 2.67. The molecule has 1 aliphatic rings. The maximum absolute atomic E-state index is 12.3. The molecule has 2 rings (SSSR count). The van der Waals surface area contributed by atoms with Gasteiger partial charge in [-0.25, -0.2) is 0 Å². The van der Waals surface area contributed by atoms with Gasteiger partial charge in [0.2, 0.25) is 0 Å². The van der Waals surface area contributed by atoms with Crippen molar-refractivity contribution in [3.05, 3.63) is 29.3 Å². The zero-order valence-corrected chi connectivity index (χ0v) is 14.1. The van der Waals surface area contributed by atoms with Crippen LogP contribution in [0.25, 0.3) is 0 Å². The number of hydrogen-bond donors (Lipinski definition) is 2. The number of anilines is 1. The van der Waals surface area contributed by atoms with E-state index in [4.69, 9.17) is 0 Å². The van der Waals surface area contributed by atoms with Crippen molar-refractivity contribution in [3.63, 3.8) is 0 Å². The van der Waals surface area contributed by atoms with Crippen LogP contribution in [0.3, 0.4) is 0 Å². The van der Waals surface area contributed by atoms with Gasteiger partial charge in [0, 0.05) is 24.3 Å². The molecule has 1 aromatic carbocycles. The molecular weight excluding hydrogens is 260 g/mol. The summed E-state index contributed by atoms with van der Waals surface area (Å²) in [6, 6.07) is 5.83. The Kier molecular flexibility index (Phi) is 4.05. The molecule has 2 N–H and O–H groups in total. The van der Waals surface area contributed by atoms with Crippen LogP contribution in [0.4, 0.5) is 5.69 Å².